The first kappa shape index (κ1) is 12.0. The second-order valence-corrected chi connectivity index (χ2v) is 4.68. The maximum absolute atomic E-state index is 6.08. The van der Waals surface area contributed by atoms with Crippen molar-refractivity contribution in [1.29, 1.82) is 0 Å². The lowest BCUT2D eigenvalue weighted by molar-refractivity contribution is 0.103. The molecule has 0 aromatic rings. The molecule has 1 heterocycles. The van der Waals surface area contributed by atoms with E-state index in [4.69, 9.17) is 5.73 Å². The van der Waals surface area contributed by atoms with Crippen molar-refractivity contribution in [2.24, 2.45) is 5.73 Å². The average Bonchev–Trinajstić information content (AvgIpc) is 2.12. The minimum Gasteiger partial charge on any atom is -0.328 e. The zero-order valence-electron chi connectivity index (χ0n) is 9.87. The second-order valence-electron chi connectivity index (χ2n) is 4.68. The van der Waals surface area contributed by atoms with Crippen LogP contribution >= 0.6 is 0 Å². The predicted octanol–water partition coefficient (Wildman–Crippen LogP) is 0.750. The molecule has 3 nitrogen and oxygen atoms in total. The smallest absolute Gasteiger partial charge is 0.0235 e. The van der Waals surface area contributed by atoms with Gasteiger partial charge in [0, 0.05) is 31.7 Å². The lowest BCUT2D eigenvalue weighted by atomic mass is 10.0. The highest BCUT2D eigenvalue weighted by Gasteiger charge is 2.23. The molecule has 1 aliphatic heterocycles. The Hall–Kier alpha value is -0.120. The van der Waals surface area contributed by atoms with Crippen LogP contribution in [0.4, 0.5) is 0 Å². The minimum atomic E-state index is 0.388. The van der Waals surface area contributed by atoms with Crippen molar-refractivity contribution in [1.82, 2.24) is 9.80 Å². The highest BCUT2D eigenvalue weighted by Crippen LogP contribution is 2.12. The van der Waals surface area contributed by atoms with Gasteiger partial charge in [0.25, 0.3) is 0 Å². The summed E-state index contributed by atoms with van der Waals surface area (Å²) in [5, 5.41) is 0. The number of likely N-dealkylation sites (N-methyl/N-ethyl adjacent to an activating group) is 2. The Kier molecular flexibility index (Phi) is 4.85. The molecule has 2 unspecified atom stereocenters. The summed E-state index contributed by atoms with van der Waals surface area (Å²) in [6.45, 7) is 5.75. The van der Waals surface area contributed by atoms with E-state index in [1.165, 1.54) is 26.1 Å². The summed E-state index contributed by atoms with van der Waals surface area (Å²) in [6, 6.07) is 1.05. The van der Waals surface area contributed by atoms with Crippen LogP contribution in [0.5, 0.6) is 0 Å². The van der Waals surface area contributed by atoms with E-state index in [0.717, 1.165) is 12.8 Å². The van der Waals surface area contributed by atoms with Gasteiger partial charge in [0.2, 0.25) is 0 Å². The largest absolute Gasteiger partial charge is 0.328 e. The molecule has 0 radical (unpaired) electrons. The monoisotopic (exact) mass is 199 g/mol. The van der Waals surface area contributed by atoms with Gasteiger partial charge >= 0.3 is 0 Å². The SMILES string of the molecule is CCCC(N)CC1CN(C)CCN1C. The Balaban J connectivity index is 2.33. The molecular formula is C11H25N3. The lowest BCUT2D eigenvalue weighted by Gasteiger charge is -2.38. The number of piperazine rings is 1. The van der Waals surface area contributed by atoms with Crippen LogP contribution < -0.4 is 5.73 Å². The van der Waals surface area contributed by atoms with Crippen molar-refractivity contribution in [2.75, 3.05) is 33.7 Å². The van der Waals surface area contributed by atoms with Gasteiger partial charge in [0.15, 0.2) is 0 Å². The van der Waals surface area contributed by atoms with Crippen LogP contribution in [0.3, 0.4) is 0 Å². The molecular weight excluding hydrogens is 174 g/mol. The quantitative estimate of drug-likeness (QED) is 0.725. The Morgan fingerprint density at radius 1 is 1.36 bits per heavy atom. The minimum absolute atomic E-state index is 0.388. The van der Waals surface area contributed by atoms with E-state index < -0.39 is 0 Å². The van der Waals surface area contributed by atoms with E-state index in [1.54, 1.807) is 0 Å². The summed E-state index contributed by atoms with van der Waals surface area (Å²) >= 11 is 0. The fourth-order valence-electron chi connectivity index (χ4n) is 2.19. The van der Waals surface area contributed by atoms with Crippen molar-refractivity contribution in [3.63, 3.8) is 0 Å². The molecule has 2 atom stereocenters. The number of hydrogen-bond acceptors (Lipinski definition) is 3. The van der Waals surface area contributed by atoms with Crippen LogP contribution in [0.25, 0.3) is 0 Å². The van der Waals surface area contributed by atoms with E-state index in [1.807, 2.05) is 0 Å². The number of hydrogen-bond donors (Lipinski definition) is 1. The van der Waals surface area contributed by atoms with Crippen LogP contribution in [0.2, 0.25) is 0 Å². The van der Waals surface area contributed by atoms with Crippen molar-refractivity contribution in [2.45, 2.75) is 38.3 Å². The van der Waals surface area contributed by atoms with Gasteiger partial charge < -0.3 is 15.5 Å². The third-order valence-corrected chi connectivity index (χ3v) is 3.21. The first-order valence-electron chi connectivity index (χ1n) is 5.77. The topological polar surface area (TPSA) is 32.5 Å². The van der Waals surface area contributed by atoms with Gasteiger partial charge in [-0.25, -0.2) is 0 Å². The zero-order chi connectivity index (χ0) is 10.6. The maximum atomic E-state index is 6.08. The highest BCUT2D eigenvalue weighted by atomic mass is 15.3. The molecule has 1 aliphatic rings. The summed E-state index contributed by atoms with van der Waals surface area (Å²) in [5.41, 5.74) is 6.08. The van der Waals surface area contributed by atoms with Crippen molar-refractivity contribution in [3.05, 3.63) is 0 Å². The third kappa shape index (κ3) is 3.56. The fraction of sp³-hybridized carbons (Fsp3) is 1.00. The highest BCUT2D eigenvalue weighted by molar-refractivity contribution is 4.81. The number of nitrogens with two attached hydrogens (primary N) is 1. The van der Waals surface area contributed by atoms with E-state index in [2.05, 4.69) is 30.8 Å². The molecule has 1 saturated heterocycles. The van der Waals surface area contributed by atoms with Crippen molar-refractivity contribution < 1.29 is 0 Å². The molecule has 0 bridgehead atoms. The first-order chi connectivity index (χ1) is 6.63. The van der Waals surface area contributed by atoms with Gasteiger partial charge in [0.05, 0.1) is 0 Å². The Bertz CT molecular complexity index is 161. The Morgan fingerprint density at radius 3 is 2.71 bits per heavy atom. The van der Waals surface area contributed by atoms with Crippen LogP contribution in [-0.4, -0.2) is 55.6 Å². The van der Waals surface area contributed by atoms with E-state index >= 15 is 0 Å². The molecule has 0 aromatic carbocycles. The first-order valence-corrected chi connectivity index (χ1v) is 5.77. The average molecular weight is 199 g/mol. The molecule has 0 saturated carbocycles. The normalized spacial score (nSPS) is 27.9. The van der Waals surface area contributed by atoms with Crippen LogP contribution in [0.1, 0.15) is 26.2 Å². The predicted molar refractivity (Wildman–Crippen MR) is 61.4 cm³/mol. The molecule has 84 valence electrons. The van der Waals surface area contributed by atoms with Crippen LogP contribution in [0, 0.1) is 0 Å². The molecule has 1 fully saturated rings. The third-order valence-electron chi connectivity index (χ3n) is 3.21. The molecule has 3 heteroatoms. The van der Waals surface area contributed by atoms with E-state index in [0.29, 0.717) is 12.1 Å². The Morgan fingerprint density at radius 2 is 2.07 bits per heavy atom. The van der Waals surface area contributed by atoms with Gasteiger partial charge in [-0.15, -0.1) is 0 Å². The number of nitrogens with zero attached hydrogens (tertiary/aromatic N) is 2. The van der Waals surface area contributed by atoms with Crippen molar-refractivity contribution in [3.8, 4) is 0 Å². The van der Waals surface area contributed by atoms with Gasteiger partial charge in [-0.3, -0.25) is 0 Å². The molecule has 0 aliphatic carbocycles. The van der Waals surface area contributed by atoms with Gasteiger partial charge in [-0.05, 0) is 26.9 Å². The van der Waals surface area contributed by atoms with Gasteiger partial charge in [-0.2, -0.15) is 0 Å². The summed E-state index contributed by atoms with van der Waals surface area (Å²) in [5.74, 6) is 0. The van der Waals surface area contributed by atoms with Gasteiger partial charge in [0.1, 0.15) is 0 Å². The maximum Gasteiger partial charge on any atom is 0.0235 e. The molecule has 2 N–H and O–H groups in total. The molecule has 1 rings (SSSR count). The summed E-state index contributed by atoms with van der Waals surface area (Å²) < 4.78 is 0. The Labute approximate surface area is 88.2 Å². The molecule has 0 aromatic heterocycles. The lowest BCUT2D eigenvalue weighted by Crippen LogP contribution is -2.51. The summed E-state index contributed by atoms with van der Waals surface area (Å²) in [4.78, 5) is 4.86. The second kappa shape index (κ2) is 5.69. The van der Waals surface area contributed by atoms with Crippen LogP contribution in [-0.2, 0) is 0 Å². The standard InChI is InChI=1S/C11H25N3/c1-4-5-10(12)8-11-9-13(2)6-7-14(11)3/h10-11H,4-9,12H2,1-3H3. The number of rotatable bonds is 4. The van der Waals surface area contributed by atoms with Crippen LogP contribution in [0.15, 0.2) is 0 Å². The molecule has 0 amide bonds. The fourth-order valence-corrected chi connectivity index (χ4v) is 2.19. The summed E-state index contributed by atoms with van der Waals surface area (Å²) in [7, 11) is 4.42. The van der Waals surface area contributed by atoms with Crippen molar-refractivity contribution >= 4 is 0 Å². The molecule has 14 heavy (non-hydrogen) atoms. The zero-order valence-corrected chi connectivity index (χ0v) is 9.87. The molecule has 0 spiro atoms. The van der Waals surface area contributed by atoms with E-state index in [9.17, 15) is 0 Å². The van der Waals surface area contributed by atoms with Gasteiger partial charge in [-0.1, -0.05) is 13.3 Å². The van der Waals surface area contributed by atoms with E-state index in [-0.39, 0.29) is 0 Å². The summed E-state index contributed by atoms with van der Waals surface area (Å²) in [6.07, 6.45) is 3.51.